The molecule has 0 radical (unpaired) electrons. The SMILES string of the molecule is Nc1cc(Nc2cc(Cl)c3n(c2=O)C2(CCCC2)NC3)ncn1. The molecule has 4 N–H and O–H groups in total. The van der Waals surface area contributed by atoms with Crippen molar-refractivity contribution in [1.29, 1.82) is 0 Å². The lowest BCUT2D eigenvalue weighted by Gasteiger charge is -2.27. The first-order valence-corrected chi connectivity index (χ1v) is 8.01. The van der Waals surface area contributed by atoms with Gasteiger partial charge in [-0.1, -0.05) is 11.6 Å². The number of nitrogens with two attached hydrogens (primary N) is 1. The number of anilines is 3. The van der Waals surface area contributed by atoms with Crippen molar-refractivity contribution in [3.8, 4) is 0 Å². The minimum absolute atomic E-state index is 0.0894. The summed E-state index contributed by atoms with van der Waals surface area (Å²) >= 11 is 6.41. The van der Waals surface area contributed by atoms with Crippen LogP contribution in [0.4, 0.5) is 17.3 Å². The van der Waals surface area contributed by atoms with Crippen molar-refractivity contribution in [2.45, 2.75) is 37.9 Å². The second-order valence-electron chi connectivity index (χ2n) is 6.04. The number of hydrogen-bond acceptors (Lipinski definition) is 6. The molecule has 23 heavy (non-hydrogen) atoms. The molecule has 1 fully saturated rings. The van der Waals surface area contributed by atoms with Gasteiger partial charge in [0.25, 0.3) is 5.56 Å². The average Bonchev–Trinajstić information content (AvgIpc) is 3.13. The molecule has 1 aliphatic heterocycles. The van der Waals surface area contributed by atoms with Gasteiger partial charge in [0, 0.05) is 12.6 Å². The molecule has 2 aromatic heterocycles. The molecular formula is C15H17ClN6O. The molecule has 4 rings (SSSR count). The molecule has 0 unspecified atom stereocenters. The summed E-state index contributed by atoms with van der Waals surface area (Å²) in [6.45, 7) is 0.620. The van der Waals surface area contributed by atoms with E-state index in [2.05, 4.69) is 20.6 Å². The predicted molar refractivity (Wildman–Crippen MR) is 88.7 cm³/mol. The van der Waals surface area contributed by atoms with Crippen LogP contribution < -0.4 is 21.9 Å². The van der Waals surface area contributed by atoms with Crippen molar-refractivity contribution in [2.75, 3.05) is 11.1 Å². The van der Waals surface area contributed by atoms with E-state index >= 15 is 0 Å². The normalized spacial score (nSPS) is 18.3. The molecule has 1 saturated carbocycles. The monoisotopic (exact) mass is 332 g/mol. The van der Waals surface area contributed by atoms with E-state index in [1.807, 2.05) is 4.57 Å². The van der Waals surface area contributed by atoms with Gasteiger partial charge in [-0.3, -0.25) is 14.7 Å². The molecule has 0 bridgehead atoms. The van der Waals surface area contributed by atoms with Gasteiger partial charge in [-0.05, 0) is 31.7 Å². The van der Waals surface area contributed by atoms with E-state index in [1.165, 1.54) is 6.33 Å². The highest BCUT2D eigenvalue weighted by Gasteiger charge is 2.42. The van der Waals surface area contributed by atoms with Gasteiger partial charge in [0.15, 0.2) is 0 Å². The summed E-state index contributed by atoms with van der Waals surface area (Å²) in [6, 6.07) is 3.23. The maximum atomic E-state index is 13.0. The first kappa shape index (κ1) is 14.5. The fourth-order valence-corrected chi connectivity index (χ4v) is 3.85. The van der Waals surface area contributed by atoms with E-state index < -0.39 is 0 Å². The number of nitrogens with zero attached hydrogens (tertiary/aromatic N) is 3. The number of nitrogens with one attached hydrogen (secondary N) is 2. The Morgan fingerprint density at radius 3 is 2.83 bits per heavy atom. The predicted octanol–water partition coefficient (Wildman–Crippen LogP) is 1.95. The van der Waals surface area contributed by atoms with Crippen molar-refractivity contribution < 1.29 is 0 Å². The van der Waals surface area contributed by atoms with E-state index in [-0.39, 0.29) is 11.2 Å². The largest absolute Gasteiger partial charge is 0.384 e. The lowest BCUT2D eigenvalue weighted by molar-refractivity contribution is 0.256. The number of rotatable bonds is 2. The summed E-state index contributed by atoms with van der Waals surface area (Å²) in [6.07, 6.45) is 5.46. The van der Waals surface area contributed by atoms with Crippen LogP contribution in [0.1, 0.15) is 31.4 Å². The van der Waals surface area contributed by atoms with Crippen LogP contribution >= 0.6 is 11.6 Å². The maximum Gasteiger partial charge on any atom is 0.276 e. The Morgan fingerprint density at radius 2 is 2.09 bits per heavy atom. The molecule has 0 aromatic carbocycles. The Bertz CT molecular complexity index is 827. The summed E-state index contributed by atoms with van der Waals surface area (Å²) in [5.74, 6) is 0.807. The molecule has 120 valence electrons. The summed E-state index contributed by atoms with van der Waals surface area (Å²) in [4.78, 5) is 20.9. The van der Waals surface area contributed by atoms with Crippen LogP contribution in [0.5, 0.6) is 0 Å². The molecular weight excluding hydrogens is 316 g/mol. The Hall–Kier alpha value is -2.12. The third-order valence-electron chi connectivity index (χ3n) is 4.64. The van der Waals surface area contributed by atoms with Crippen LogP contribution in [0.3, 0.4) is 0 Å². The van der Waals surface area contributed by atoms with E-state index in [4.69, 9.17) is 17.3 Å². The molecule has 2 aromatic rings. The zero-order chi connectivity index (χ0) is 16.0. The minimum atomic E-state index is -0.293. The van der Waals surface area contributed by atoms with Gasteiger partial charge < -0.3 is 11.1 Å². The Balaban J connectivity index is 1.81. The number of hydrogen-bond donors (Lipinski definition) is 3. The quantitative estimate of drug-likeness (QED) is 0.777. The Labute approximate surface area is 137 Å². The highest BCUT2D eigenvalue weighted by atomic mass is 35.5. The van der Waals surface area contributed by atoms with E-state index in [9.17, 15) is 4.79 Å². The van der Waals surface area contributed by atoms with Crippen LogP contribution in [0.15, 0.2) is 23.3 Å². The van der Waals surface area contributed by atoms with Crippen LogP contribution in [0.2, 0.25) is 5.02 Å². The Kier molecular flexibility index (Phi) is 3.28. The zero-order valence-corrected chi connectivity index (χ0v) is 13.2. The third kappa shape index (κ3) is 2.27. The summed E-state index contributed by atoms with van der Waals surface area (Å²) in [7, 11) is 0. The number of aromatic nitrogens is 3. The van der Waals surface area contributed by atoms with E-state index in [0.29, 0.717) is 28.9 Å². The summed E-state index contributed by atoms with van der Waals surface area (Å²) in [5, 5.41) is 7.07. The lowest BCUT2D eigenvalue weighted by atomic mass is 10.1. The molecule has 1 spiro atoms. The topological polar surface area (TPSA) is 97.9 Å². The smallest absolute Gasteiger partial charge is 0.276 e. The van der Waals surface area contributed by atoms with Crippen LogP contribution in [-0.2, 0) is 12.2 Å². The molecule has 7 nitrogen and oxygen atoms in total. The molecule has 0 saturated heterocycles. The molecule has 0 amide bonds. The highest BCUT2D eigenvalue weighted by Crippen LogP contribution is 2.39. The van der Waals surface area contributed by atoms with Crippen LogP contribution in [-0.4, -0.2) is 14.5 Å². The standard InChI is InChI=1S/C15H17ClN6O/c16-9-5-10(21-13-6-12(17)18-8-19-13)14(23)22-11(9)7-20-15(22)3-1-2-4-15/h5-6,8,20H,1-4,7H2,(H3,17,18,19,21). The first-order chi connectivity index (χ1) is 11.1. The van der Waals surface area contributed by atoms with Crippen molar-refractivity contribution >= 4 is 28.9 Å². The number of nitrogen functional groups attached to an aromatic ring is 1. The summed E-state index contributed by atoms with van der Waals surface area (Å²) in [5.41, 5.74) is 6.52. The van der Waals surface area contributed by atoms with Crippen molar-refractivity contribution in [1.82, 2.24) is 19.9 Å². The van der Waals surface area contributed by atoms with Crippen molar-refractivity contribution in [2.24, 2.45) is 0 Å². The molecule has 0 atom stereocenters. The van der Waals surface area contributed by atoms with Gasteiger partial charge in [0.1, 0.15) is 23.7 Å². The number of halogens is 1. The Morgan fingerprint density at radius 1 is 1.30 bits per heavy atom. The lowest BCUT2D eigenvalue weighted by Crippen LogP contribution is -2.44. The third-order valence-corrected chi connectivity index (χ3v) is 4.97. The fraction of sp³-hybridized carbons (Fsp3) is 0.400. The molecule has 8 heteroatoms. The second-order valence-corrected chi connectivity index (χ2v) is 6.45. The van der Waals surface area contributed by atoms with Gasteiger partial charge in [0.2, 0.25) is 0 Å². The molecule has 1 aliphatic carbocycles. The first-order valence-electron chi connectivity index (χ1n) is 7.64. The highest BCUT2D eigenvalue weighted by molar-refractivity contribution is 6.31. The van der Waals surface area contributed by atoms with E-state index in [1.54, 1.807) is 12.1 Å². The number of fused-ring (bicyclic) bond motifs is 2. The zero-order valence-electron chi connectivity index (χ0n) is 12.5. The van der Waals surface area contributed by atoms with Gasteiger partial charge in [0.05, 0.1) is 16.4 Å². The fourth-order valence-electron chi connectivity index (χ4n) is 3.59. The summed E-state index contributed by atoms with van der Waals surface area (Å²) < 4.78 is 1.83. The maximum absolute atomic E-state index is 13.0. The van der Waals surface area contributed by atoms with Crippen LogP contribution in [0, 0.1) is 0 Å². The molecule has 2 aliphatic rings. The number of pyridine rings is 1. The molecule has 3 heterocycles. The van der Waals surface area contributed by atoms with Crippen molar-refractivity contribution in [3.63, 3.8) is 0 Å². The van der Waals surface area contributed by atoms with Gasteiger partial charge in [-0.2, -0.15) is 0 Å². The van der Waals surface area contributed by atoms with Crippen molar-refractivity contribution in [3.05, 3.63) is 39.5 Å². The van der Waals surface area contributed by atoms with Gasteiger partial charge in [-0.25, -0.2) is 9.97 Å². The average molecular weight is 333 g/mol. The van der Waals surface area contributed by atoms with E-state index in [0.717, 1.165) is 31.4 Å². The second kappa shape index (κ2) is 5.21. The van der Waals surface area contributed by atoms with Gasteiger partial charge in [-0.15, -0.1) is 0 Å². The van der Waals surface area contributed by atoms with Crippen LogP contribution in [0.25, 0.3) is 0 Å². The van der Waals surface area contributed by atoms with Gasteiger partial charge >= 0.3 is 0 Å². The minimum Gasteiger partial charge on any atom is -0.384 e.